The van der Waals surface area contributed by atoms with Gasteiger partial charge in [0.05, 0.1) is 23.4 Å². The molecule has 2 amide bonds. The van der Waals surface area contributed by atoms with Gasteiger partial charge in [0.2, 0.25) is 0 Å². The molecule has 1 aliphatic heterocycles. The van der Waals surface area contributed by atoms with Crippen molar-refractivity contribution in [2.24, 2.45) is 0 Å². The van der Waals surface area contributed by atoms with Gasteiger partial charge >= 0.3 is 6.09 Å². The molecule has 0 aliphatic carbocycles. The molecule has 1 aromatic heterocycles. The topological polar surface area (TPSA) is 127 Å². The molecule has 9 nitrogen and oxygen atoms in total. The first-order valence-electron chi connectivity index (χ1n) is 8.31. The quantitative estimate of drug-likeness (QED) is 0.795. The van der Waals surface area contributed by atoms with Crippen LogP contribution in [-0.2, 0) is 4.79 Å². The number of amides is 2. The van der Waals surface area contributed by atoms with Crippen LogP contribution in [-0.4, -0.2) is 65.5 Å². The highest BCUT2D eigenvalue weighted by molar-refractivity contribution is 5.98. The third-order valence-corrected chi connectivity index (χ3v) is 4.25. The van der Waals surface area contributed by atoms with Gasteiger partial charge in [0.25, 0.3) is 5.91 Å². The monoisotopic (exact) mass is 359 g/mol. The first kappa shape index (κ1) is 19.2. The number of aryl methyl sites for hydroxylation is 1. The number of Topliss-reactive ketones (excluding diaryl/α,β-unsaturated/α-hetero) is 1. The van der Waals surface area contributed by atoms with E-state index >= 15 is 0 Å². The number of ketones is 1. The van der Waals surface area contributed by atoms with E-state index in [1.54, 1.807) is 13.8 Å². The number of nitrogens with one attached hydrogen (secondary N) is 1. The first-order valence-corrected chi connectivity index (χ1v) is 8.31. The van der Waals surface area contributed by atoms with Gasteiger partial charge in [0.1, 0.15) is 11.9 Å². The summed E-state index contributed by atoms with van der Waals surface area (Å²) in [6, 6.07) is 3.51. The van der Waals surface area contributed by atoms with E-state index in [1.807, 2.05) is 11.0 Å². The second-order valence-corrected chi connectivity index (χ2v) is 5.94. The summed E-state index contributed by atoms with van der Waals surface area (Å²) in [6.45, 7) is 4.80. The van der Waals surface area contributed by atoms with Crippen LogP contribution < -0.4 is 10.2 Å². The Morgan fingerprint density at radius 3 is 2.50 bits per heavy atom. The standard InChI is InChI=1S/C17H21N5O4/c1-3-13(23)10-19-16(24)14-8-12(9-18)15(20-11(14)2)21-4-6-22(7-5-21)17(25)26/h8H,3-7,10H2,1-2H3,(H,19,24)(H,25,26). The number of hydrogen-bond acceptors (Lipinski definition) is 6. The number of hydrogen-bond donors (Lipinski definition) is 2. The highest BCUT2D eigenvalue weighted by Crippen LogP contribution is 2.22. The Bertz CT molecular complexity index is 763. The molecule has 9 heteroatoms. The van der Waals surface area contributed by atoms with Gasteiger partial charge in [-0.1, -0.05) is 6.92 Å². The lowest BCUT2D eigenvalue weighted by Crippen LogP contribution is -2.48. The summed E-state index contributed by atoms with van der Waals surface area (Å²) >= 11 is 0. The third-order valence-electron chi connectivity index (χ3n) is 4.25. The Kier molecular flexibility index (Phi) is 6.11. The largest absolute Gasteiger partial charge is 0.465 e. The molecule has 0 unspecified atom stereocenters. The molecule has 26 heavy (non-hydrogen) atoms. The van der Waals surface area contributed by atoms with Crippen molar-refractivity contribution in [3.63, 3.8) is 0 Å². The van der Waals surface area contributed by atoms with Crippen molar-refractivity contribution in [1.82, 2.24) is 15.2 Å². The Morgan fingerprint density at radius 2 is 1.96 bits per heavy atom. The zero-order valence-electron chi connectivity index (χ0n) is 14.8. The SMILES string of the molecule is CCC(=O)CNC(=O)c1cc(C#N)c(N2CCN(C(=O)O)CC2)nc1C. The predicted molar refractivity (Wildman–Crippen MR) is 93.1 cm³/mol. The molecule has 1 aliphatic rings. The molecule has 1 aromatic rings. The number of carboxylic acid groups (broad SMARTS) is 1. The van der Waals surface area contributed by atoms with Crippen molar-refractivity contribution < 1.29 is 19.5 Å². The maximum Gasteiger partial charge on any atom is 0.407 e. The number of aromatic nitrogens is 1. The molecule has 2 heterocycles. The van der Waals surface area contributed by atoms with Gasteiger partial charge in [-0.25, -0.2) is 9.78 Å². The first-order chi connectivity index (χ1) is 12.4. The van der Waals surface area contributed by atoms with E-state index in [0.29, 0.717) is 44.1 Å². The van der Waals surface area contributed by atoms with E-state index in [9.17, 15) is 19.6 Å². The molecule has 1 fully saturated rings. The number of carbonyl (C=O) groups is 3. The molecule has 0 saturated carbocycles. The Morgan fingerprint density at radius 1 is 1.31 bits per heavy atom. The molecule has 0 spiro atoms. The zero-order chi connectivity index (χ0) is 19.3. The third kappa shape index (κ3) is 4.27. The second-order valence-electron chi connectivity index (χ2n) is 5.94. The number of nitrogens with zero attached hydrogens (tertiary/aromatic N) is 4. The fraction of sp³-hybridized carbons (Fsp3) is 0.471. The van der Waals surface area contributed by atoms with Crippen LogP contribution in [0.4, 0.5) is 10.6 Å². The van der Waals surface area contributed by atoms with Crippen LogP contribution in [0.3, 0.4) is 0 Å². The number of nitriles is 1. The average Bonchev–Trinajstić information content (AvgIpc) is 2.65. The van der Waals surface area contributed by atoms with E-state index < -0.39 is 12.0 Å². The van der Waals surface area contributed by atoms with E-state index in [-0.39, 0.29) is 23.5 Å². The summed E-state index contributed by atoms with van der Waals surface area (Å²) in [4.78, 5) is 42.2. The average molecular weight is 359 g/mol. The van der Waals surface area contributed by atoms with Crippen molar-refractivity contribution in [2.45, 2.75) is 20.3 Å². The fourth-order valence-corrected chi connectivity index (χ4v) is 2.65. The number of anilines is 1. The van der Waals surface area contributed by atoms with Crippen molar-refractivity contribution >= 4 is 23.6 Å². The smallest absolute Gasteiger partial charge is 0.407 e. The molecule has 0 bridgehead atoms. The lowest BCUT2D eigenvalue weighted by atomic mass is 10.1. The van der Waals surface area contributed by atoms with Crippen molar-refractivity contribution in [2.75, 3.05) is 37.6 Å². The summed E-state index contributed by atoms with van der Waals surface area (Å²) in [5, 5.41) is 21.0. The minimum Gasteiger partial charge on any atom is -0.465 e. The second kappa shape index (κ2) is 8.29. The summed E-state index contributed by atoms with van der Waals surface area (Å²) in [5.74, 6) is -0.0934. The Labute approximate surface area is 151 Å². The predicted octanol–water partition coefficient (Wildman–Crippen LogP) is 0.771. The van der Waals surface area contributed by atoms with E-state index in [1.165, 1.54) is 11.0 Å². The van der Waals surface area contributed by atoms with Gasteiger partial charge in [-0.15, -0.1) is 0 Å². The van der Waals surface area contributed by atoms with Crippen LogP contribution in [0.5, 0.6) is 0 Å². The van der Waals surface area contributed by atoms with Crippen LogP contribution in [0, 0.1) is 18.3 Å². The van der Waals surface area contributed by atoms with Gasteiger partial charge in [0.15, 0.2) is 5.78 Å². The summed E-state index contributed by atoms with van der Waals surface area (Å²) in [6.07, 6.45) is -0.634. The molecule has 138 valence electrons. The zero-order valence-corrected chi connectivity index (χ0v) is 14.8. The molecular formula is C17H21N5O4. The summed E-state index contributed by atoms with van der Waals surface area (Å²) in [7, 11) is 0. The van der Waals surface area contributed by atoms with Crippen LogP contribution in [0.25, 0.3) is 0 Å². The molecular weight excluding hydrogens is 338 g/mol. The number of piperazine rings is 1. The van der Waals surface area contributed by atoms with Gasteiger partial charge < -0.3 is 20.2 Å². The van der Waals surface area contributed by atoms with Gasteiger partial charge in [-0.2, -0.15) is 5.26 Å². The molecule has 0 radical (unpaired) electrons. The van der Waals surface area contributed by atoms with Crippen LogP contribution in [0.15, 0.2) is 6.07 Å². The Hall–Kier alpha value is -3.15. The van der Waals surface area contributed by atoms with Crippen molar-refractivity contribution in [3.8, 4) is 6.07 Å². The highest BCUT2D eigenvalue weighted by atomic mass is 16.4. The molecule has 1 saturated heterocycles. The summed E-state index contributed by atoms with van der Waals surface area (Å²) < 4.78 is 0. The lowest BCUT2D eigenvalue weighted by Gasteiger charge is -2.34. The summed E-state index contributed by atoms with van der Waals surface area (Å²) in [5.41, 5.74) is 0.936. The van der Waals surface area contributed by atoms with Crippen LogP contribution in [0.2, 0.25) is 0 Å². The normalized spacial score (nSPS) is 13.9. The van der Waals surface area contributed by atoms with Crippen molar-refractivity contribution in [1.29, 1.82) is 5.26 Å². The lowest BCUT2D eigenvalue weighted by molar-refractivity contribution is -0.117. The van der Waals surface area contributed by atoms with Gasteiger partial charge in [-0.05, 0) is 13.0 Å². The van der Waals surface area contributed by atoms with Crippen molar-refractivity contribution in [3.05, 3.63) is 22.9 Å². The maximum absolute atomic E-state index is 12.3. The fourth-order valence-electron chi connectivity index (χ4n) is 2.65. The minimum absolute atomic E-state index is 0.0600. The molecule has 2 N–H and O–H groups in total. The van der Waals surface area contributed by atoms with Crippen LogP contribution >= 0.6 is 0 Å². The highest BCUT2D eigenvalue weighted by Gasteiger charge is 2.24. The maximum atomic E-state index is 12.3. The molecule has 0 atom stereocenters. The minimum atomic E-state index is -0.969. The molecule has 2 rings (SSSR count). The number of pyridine rings is 1. The Balaban J connectivity index is 2.19. The number of carbonyl (C=O) groups excluding carboxylic acids is 2. The van der Waals surface area contributed by atoms with Gasteiger partial charge in [0, 0.05) is 32.6 Å². The van der Waals surface area contributed by atoms with E-state index in [0.717, 1.165) is 0 Å². The van der Waals surface area contributed by atoms with E-state index in [2.05, 4.69) is 10.3 Å². The van der Waals surface area contributed by atoms with E-state index in [4.69, 9.17) is 5.11 Å². The van der Waals surface area contributed by atoms with Gasteiger partial charge in [-0.3, -0.25) is 9.59 Å². The number of rotatable bonds is 5. The molecule has 0 aromatic carbocycles. The van der Waals surface area contributed by atoms with Crippen LogP contribution in [0.1, 0.15) is 35.0 Å².